The summed E-state index contributed by atoms with van der Waals surface area (Å²) in [5, 5.41) is 13.7. The van der Waals surface area contributed by atoms with E-state index in [9.17, 15) is 14.5 Å². The Labute approximate surface area is 218 Å². The fourth-order valence-electron chi connectivity index (χ4n) is 4.32. The van der Waals surface area contributed by atoms with Crippen LogP contribution in [0.25, 0.3) is 11.2 Å². The van der Waals surface area contributed by atoms with Crippen molar-refractivity contribution in [3.05, 3.63) is 43.0 Å². The van der Waals surface area contributed by atoms with Crippen LogP contribution in [0, 0.1) is 0 Å². The van der Waals surface area contributed by atoms with Crippen LogP contribution in [0.15, 0.2) is 43.0 Å². The van der Waals surface area contributed by atoms with Gasteiger partial charge in [0.15, 0.2) is 17.7 Å². The quantitative estimate of drug-likeness (QED) is 0.245. The molecule has 2 aromatic heterocycles. The fraction of sp³-hybridized carbons (Fsp3) is 0.478. The molecule has 0 spiro atoms. The Balaban J connectivity index is 1.36. The van der Waals surface area contributed by atoms with Crippen LogP contribution in [-0.4, -0.2) is 73.8 Å². The highest BCUT2D eigenvalue weighted by Gasteiger charge is 2.63. The first-order valence-corrected chi connectivity index (χ1v) is 13.5. The van der Waals surface area contributed by atoms with Crippen LogP contribution in [-0.2, 0) is 28.1 Å². The van der Waals surface area contributed by atoms with Crippen molar-refractivity contribution >= 4 is 30.7 Å². The first-order valence-electron chi connectivity index (χ1n) is 12.0. The van der Waals surface area contributed by atoms with Gasteiger partial charge in [-0.2, -0.15) is 5.09 Å². The number of aromatic nitrogens is 4. The number of aliphatic hydroxyl groups excluding tert-OH is 1. The Morgan fingerprint density at radius 2 is 2.05 bits per heavy atom. The van der Waals surface area contributed by atoms with E-state index >= 15 is 0 Å². The zero-order valence-electron chi connectivity index (χ0n) is 21.0. The van der Waals surface area contributed by atoms with Gasteiger partial charge in [0.1, 0.15) is 41.4 Å². The minimum Gasteiger partial charge on any atom is -0.462 e. The van der Waals surface area contributed by atoms with E-state index < -0.39 is 43.8 Å². The first kappa shape index (κ1) is 26.5. The van der Waals surface area contributed by atoms with Crippen molar-refractivity contribution in [3.63, 3.8) is 0 Å². The lowest BCUT2D eigenvalue weighted by Crippen LogP contribution is -2.46. The summed E-state index contributed by atoms with van der Waals surface area (Å²) in [5.41, 5.74) is 5.29. The second-order valence-corrected chi connectivity index (χ2v) is 11.1. The number of aliphatic hydroxyl groups is 1. The second-order valence-electron chi connectivity index (χ2n) is 9.39. The number of esters is 1. The lowest BCUT2D eigenvalue weighted by molar-refractivity contribution is -0.183. The molecule has 5 rings (SSSR count). The van der Waals surface area contributed by atoms with Gasteiger partial charge in [0.2, 0.25) is 0 Å². The topological polar surface area (TPSA) is 182 Å². The molecule has 3 aromatic rings. The summed E-state index contributed by atoms with van der Waals surface area (Å²) >= 11 is 0. The van der Waals surface area contributed by atoms with Gasteiger partial charge in [0.25, 0.3) is 0 Å². The van der Waals surface area contributed by atoms with Crippen molar-refractivity contribution in [1.29, 1.82) is 0 Å². The number of carbonyl (C=O) groups excluding carboxylic acids is 1. The molecule has 1 unspecified atom stereocenters. The summed E-state index contributed by atoms with van der Waals surface area (Å²) in [5.74, 6) is -0.182. The predicted octanol–water partition coefficient (Wildman–Crippen LogP) is 1.57. The molecule has 2 saturated heterocycles. The third kappa shape index (κ3) is 4.98. The lowest BCUT2D eigenvalue weighted by atomic mass is 10.0. The van der Waals surface area contributed by atoms with E-state index in [0.717, 1.165) is 0 Å². The molecule has 0 radical (unpaired) electrons. The van der Waals surface area contributed by atoms with Crippen LogP contribution in [0.3, 0.4) is 0 Å². The summed E-state index contributed by atoms with van der Waals surface area (Å²) < 4.78 is 44.2. The smallest absolute Gasteiger partial charge is 0.459 e. The van der Waals surface area contributed by atoms with E-state index in [2.05, 4.69) is 20.0 Å². The van der Waals surface area contributed by atoms with Crippen LogP contribution in [0.5, 0.6) is 5.75 Å². The Bertz CT molecular complexity index is 1360. The molecule has 0 amide bonds. The maximum absolute atomic E-state index is 13.9. The number of hydrogen-bond donors (Lipinski definition) is 3. The minimum absolute atomic E-state index is 0.0324. The number of nitrogen functional groups attached to an aromatic ring is 1. The number of imidazole rings is 1. The lowest BCUT2D eigenvalue weighted by Gasteiger charge is -2.32. The Kier molecular flexibility index (Phi) is 7.11. The number of rotatable bonds is 10. The van der Waals surface area contributed by atoms with E-state index in [1.54, 1.807) is 48.7 Å². The van der Waals surface area contributed by atoms with Crippen molar-refractivity contribution in [2.24, 2.45) is 0 Å². The molecular weight excluding hydrogens is 519 g/mol. The van der Waals surface area contributed by atoms with E-state index in [1.165, 1.54) is 19.6 Å². The van der Waals surface area contributed by atoms with Gasteiger partial charge in [-0.15, -0.1) is 0 Å². The number of para-hydroxylation sites is 1. The van der Waals surface area contributed by atoms with Crippen molar-refractivity contribution in [2.75, 3.05) is 18.9 Å². The Hall–Kier alpha value is -3.13. The molecule has 4 N–H and O–H groups in total. The molecular formula is C23H29N6O8P. The maximum Gasteiger partial charge on any atom is 0.459 e. The van der Waals surface area contributed by atoms with Gasteiger partial charge in [0.05, 0.1) is 25.6 Å². The van der Waals surface area contributed by atoms with Gasteiger partial charge in [0, 0.05) is 0 Å². The molecule has 1 aromatic carbocycles. The Morgan fingerprint density at radius 1 is 1.29 bits per heavy atom. The molecule has 6 atom stereocenters. The van der Waals surface area contributed by atoms with Gasteiger partial charge in [-0.05, 0) is 32.9 Å². The molecule has 4 heterocycles. The van der Waals surface area contributed by atoms with Crippen molar-refractivity contribution in [1.82, 2.24) is 24.6 Å². The van der Waals surface area contributed by atoms with Crippen LogP contribution in [0.2, 0.25) is 0 Å². The average Bonchev–Trinajstić information content (AvgIpc) is 3.53. The highest BCUT2D eigenvalue weighted by atomic mass is 31.2. The van der Waals surface area contributed by atoms with Crippen molar-refractivity contribution in [3.8, 4) is 5.75 Å². The van der Waals surface area contributed by atoms with Crippen LogP contribution < -0.4 is 15.3 Å². The SMILES string of the molecule is CC(C)OC(=O)[C@H](C)N[P@@](=O)(OC[C@@]12CO[C@@H](C(n3cnc4c(N)ncnc43)O1)[C@@H]2O)Oc1ccccc1. The largest absolute Gasteiger partial charge is 0.462 e. The summed E-state index contributed by atoms with van der Waals surface area (Å²) in [6.45, 7) is 4.48. The van der Waals surface area contributed by atoms with Gasteiger partial charge < -0.3 is 29.6 Å². The Morgan fingerprint density at radius 3 is 2.79 bits per heavy atom. The highest BCUT2D eigenvalue weighted by molar-refractivity contribution is 7.52. The number of carbonyl (C=O) groups is 1. The van der Waals surface area contributed by atoms with Gasteiger partial charge in [-0.1, -0.05) is 18.2 Å². The molecule has 204 valence electrons. The van der Waals surface area contributed by atoms with Crippen LogP contribution >= 0.6 is 7.75 Å². The number of ether oxygens (including phenoxy) is 3. The number of hydrogen-bond acceptors (Lipinski definition) is 12. The number of nitrogens with one attached hydrogen (secondary N) is 1. The summed E-state index contributed by atoms with van der Waals surface area (Å²) in [7, 11) is -4.19. The van der Waals surface area contributed by atoms with E-state index in [0.29, 0.717) is 11.2 Å². The first-order chi connectivity index (χ1) is 18.1. The minimum atomic E-state index is -4.19. The van der Waals surface area contributed by atoms with Crippen LogP contribution in [0.4, 0.5) is 5.82 Å². The zero-order chi connectivity index (χ0) is 27.1. The zero-order valence-corrected chi connectivity index (χ0v) is 21.9. The molecule has 2 aliphatic rings. The number of nitrogens with two attached hydrogens (primary N) is 1. The second kappa shape index (κ2) is 10.2. The molecule has 2 bridgehead atoms. The monoisotopic (exact) mass is 548 g/mol. The standard InChI is InChI=1S/C23H29N6O8P/c1-13(2)35-22(31)14(3)28-38(32,37-15-7-5-4-6-8-15)34-10-23-9-33-17(18(23)30)21(36-23)29-12-27-16-19(24)25-11-26-20(16)29/h4-8,11-14,17-18,21,30H,9-10H2,1-3H3,(H,28,32)(H2,24,25,26)/t14-,17+,18-,21?,23+,38+/m0/s1. The normalized spacial score (nSPS) is 26.9. The van der Waals surface area contributed by atoms with E-state index in [-0.39, 0.29) is 30.9 Å². The molecule has 38 heavy (non-hydrogen) atoms. The average molecular weight is 548 g/mol. The summed E-state index contributed by atoms with van der Waals surface area (Å²) in [6, 6.07) is 7.33. The number of nitrogens with zero attached hydrogens (tertiary/aromatic N) is 4. The highest BCUT2D eigenvalue weighted by Crippen LogP contribution is 2.50. The van der Waals surface area contributed by atoms with Gasteiger partial charge >= 0.3 is 13.7 Å². The fourth-order valence-corrected chi connectivity index (χ4v) is 5.87. The molecule has 2 aliphatic heterocycles. The molecule has 14 nitrogen and oxygen atoms in total. The molecule has 2 fully saturated rings. The molecule has 15 heteroatoms. The third-order valence-corrected chi connectivity index (χ3v) is 7.80. The summed E-state index contributed by atoms with van der Waals surface area (Å²) in [4.78, 5) is 24.8. The van der Waals surface area contributed by atoms with Crippen LogP contribution in [0.1, 0.15) is 27.0 Å². The van der Waals surface area contributed by atoms with E-state index in [4.69, 9.17) is 29.0 Å². The van der Waals surface area contributed by atoms with Crippen molar-refractivity contribution < 1.29 is 37.7 Å². The maximum atomic E-state index is 13.9. The third-order valence-electron chi connectivity index (χ3n) is 6.17. The number of anilines is 1. The molecule has 0 aliphatic carbocycles. The van der Waals surface area contributed by atoms with Gasteiger partial charge in [-0.25, -0.2) is 19.5 Å². The number of fused-ring (bicyclic) bond motifs is 3. The number of benzene rings is 1. The predicted molar refractivity (Wildman–Crippen MR) is 133 cm³/mol. The summed E-state index contributed by atoms with van der Waals surface area (Å²) in [6.07, 6.45) is -0.338. The van der Waals surface area contributed by atoms with Crippen molar-refractivity contribution in [2.45, 2.75) is 57.0 Å². The van der Waals surface area contributed by atoms with E-state index in [1.807, 2.05) is 0 Å². The molecule has 0 saturated carbocycles. The van der Waals surface area contributed by atoms with Gasteiger partial charge in [-0.3, -0.25) is 13.9 Å².